The Labute approximate surface area is 180 Å². The van der Waals surface area contributed by atoms with Crippen LogP contribution >= 0.6 is 0 Å². The summed E-state index contributed by atoms with van der Waals surface area (Å²) in [6, 6.07) is 17.9. The molecule has 3 aromatic carbocycles. The maximum absolute atomic E-state index is 12.6. The van der Waals surface area contributed by atoms with E-state index in [1.54, 1.807) is 0 Å². The number of allylic oxidation sites excluding steroid dienone is 1. The highest BCUT2D eigenvalue weighted by Crippen LogP contribution is 2.22. The summed E-state index contributed by atoms with van der Waals surface area (Å²) in [7, 11) is 0. The molecule has 0 aromatic heterocycles. The van der Waals surface area contributed by atoms with Crippen molar-refractivity contribution in [1.82, 2.24) is 5.32 Å². The number of anilines is 1. The molecule has 158 valence electrons. The van der Waals surface area contributed by atoms with Gasteiger partial charge >= 0.3 is 5.97 Å². The van der Waals surface area contributed by atoms with Gasteiger partial charge in [0, 0.05) is 17.7 Å². The van der Waals surface area contributed by atoms with Crippen LogP contribution < -0.4 is 10.6 Å². The quantitative estimate of drug-likeness (QED) is 0.507. The van der Waals surface area contributed by atoms with Crippen LogP contribution in [0.4, 0.5) is 5.69 Å². The molecule has 3 N–H and O–H groups in total. The highest BCUT2D eigenvalue weighted by Gasteiger charge is 2.16. The van der Waals surface area contributed by atoms with Gasteiger partial charge in [0.1, 0.15) is 0 Å². The number of carbonyl (C=O) groups is 3. The Hall–Kier alpha value is -3.93. The molecular formula is C25H24N2O4. The van der Waals surface area contributed by atoms with Gasteiger partial charge in [0.2, 0.25) is 5.91 Å². The molecule has 0 bridgehead atoms. The summed E-state index contributed by atoms with van der Waals surface area (Å²) in [5, 5.41) is 17.0. The zero-order valence-electron chi connectivity index (χ0n) is 17.6. The molecule has 6 nitrogen and oxygen atoms in total. The van der Waals surface area contributed by atoms with E-state index in [0.29, 0.717) is 0 Å². The second-order valence-corrected chi connectivity index (χ2v) is 7.57. The fourth-order valence-corrected chi connectivity index (χ4v) is 3.20. The first-order valence-corrected chi connectivity index (χ1v) is 9.91. The van der Waals surface area contributed by atoms with Crippen LogP contribution in [0.15, 0.2) is 66.7 Å². The van der Waals surface area contributed by atoms with Crippen LogP contribution in [0, 0.1) is 0 Å². The Balaban J connectivity index is 1.86. The van der Waals surface area contributed by atoms with Crippen molar-refractivity contribution in [2.75, 3.05) is 5.32 Å². The SMILES string of the molecule is C/C(=C/C(=O)Nc1cc(C(=O)NC(C)C)ccc1C(=O)O)c1ccc2ccccc2c1. The van der Waals surface area contributed by atoms with Crippen molar-refractivity contribution >= 4 is 39.8 Å². The first kappa shape index (κ1) is 21.8. The van der Waals surface area contributed by atoms with Crippen molar-refractivity contribution in [2.45, 2.75) is 26.8 Å². The number of hydrogen-bond acceptors (Lipinski definition) is 3. The van der Waals surface area contributed by atoms with E-state index >= 15 is 0 Å². The van der Waals surface area contributed by atoms with E-state index in [4.69, 9.17) is 0 Å². The maximum atomic E-state index is 12.6. The summed E-state index contributed by atoms with van der Waals surface area (Å²) >= 11 is 0. The Morgan fingerprint density at radius 3 is 2.26 bits per heavy atom. The lowest BCUT2D eigenvalue weighted by Crippen LogP contribution is -2.30. The number of benzene rings is 3. The Bertz CT molecular complexity index is 1200. The average molecular weight is 416 g/mol. The number of aromatic carboxylic acids is 1. The van der Waals surface area contributed by atoms with Crippen molar-refractivity contribution in [3.05, 3.63) is 83.4 Å². The zero-order valence-corrected chi connectivity index (χ0v) is 17.6. The summed E-state index contributed by atoms with van der Waals surface area (Å²) in [5.41, 5.74) is 1.86. The number of nitrogens with one attached hydrogen (secondary N) is 2. The minimum atomic E-state index is -1.19. The molecular weight excluding hydrogens is 392 g/mol. The van der Waals surface area contributed by atoms with Crippen LogP contribution in [0.2, 0.25) is 0 Å². The average Bonchev–Trinajstić information content (AvgIpc) is 2.72. The van der Waals surface area contributed by atoms with Crippen LogP contribution in [-0.2, 0) is 4.79 Å². The van der Waals surface area contributed by atoms with Gasteiger partial charge in [-0.3, -0.25) is 9.59 Å². The van der Waals surface area contributed by atoms with Gasteiger partial charge in [0.05, 0.1) is 11.3 Å². The van der Waals surface area contributed by atoms with Gasteiger partial charge < -0.3 is 15.7 Å². The molecule has 0 aliphatic heterocycles. The molecule has 0 spiro atoms. The van der Waals surface area contributed by atoms with Gasteiger partial charge in [-0.25, -0.2) is 4.79 Å². The van der Waals surface area contributed by atoms with Gasteiger partial charge in [-0.2, -0.15) is 0 Å². The van der Waals surface area contributed by atoms with E-state index in [-0.39, 0.29) is 28.8 Å². The summed E-state index contributed by atoms with van der Waals surface area (Å²) in [6.45, 7) is 5.47. The summed E-state index contributed by atoms with van der Waals surface area (Å²) in [6.07, 6.45) is 1.41. The molecule has 0 saturated carbocycles. The molecule has 3 rings (SSSR count). The lowest BCUT2D eigenvalue weighted by atomic mass is 10.0. The van der Waals surface area contributed by atoms with E-state index in [2.05, 4.69) is 10.6 Å². The molecule has 6 heteroatoms. The third-order valence-electron chi connectivity index (χ3n) is 4.74. The smallest absolute Gasteiger partial charge is 0.337 e. The molecule has 0 heterocycles. The van der Waals surface area contributed by atoms with E-state index in [1.165, 1.54) is 24.3 Å². The number of carbonyl (C=O) groups excluding carboxylic acids is 2. The molecule has 0 unspecified atom stereocenters. The predicted molar refractivity (Wildman–Crippen MR) is 122 cm³/mol. The molecule has 3 aromatic rings. The lowest BCUT2D eigenvalue weighted by molar-refractivity contribution is -0.111. The van der Waals surface area contributed by atoms with Gasteiger partial charge in [-0.1, -0.05) is 36.4 Å². The second kappa shape index (κ2) is 9.26. The Morgan fingerprint density at radius 1 is 0.903 bits per heavy atom. The minimum absolute atomic E-state index is 0.0662. The van der Waals surface area contributed by atoms with Gasteiger partial charge in [0.15, 0.2) is 0 Å². The number of amides is 2. The summed E-state index contributed by atoms with van der Waals surface area (Å²) < 4.78 is 0. The number of hydrogen-bond donors (Lipinski definition) is 3. The minimum Gasteiger partial charge on any atom is -0.478 e. The number of carboxylic acids is 1. The molecule has 0 saturated heterocycles. The van der Waals surface area contributed by atoms with Gasteiger partial charge in [-0.15, -0.1) is 0 Å². The van der Waals surface area contributed by atoms with Gasteiger partial charge in [-0.05, 0) is 66.9 Å². The summed E-state index contributed by atoms with van der Waals surface area (Å²) in [5.74, 6) is -2.01. The van der Waals surface area contributed by atoms with Gasteiger partial charge in [0.25, 0.3) is 5.91 Å². The standard InChI is InChI=1S/C25H24N2O4/c1-15(2)26-24(29)20-10-11-21(25(30)31)22(14-20)27-23(28)12-16(3)18-9-8-17-6-4-5-7-19(17)13-18/h4-15H,1-3H3,(H,26,29)(H,27,28)(H,30,31)/b16-12-. The first-order chi connectivity index (χ1) is 14.7. The van der Waals surface area contributed by atoms with E-state index < -0.39 is 11.9 Å². The molecule has 0 radical (unpaired) electrons. The van der Waals surface area contributed by atoms with Crippen molar-refractivity contribution in [1.29, 1.82) is 0 Å². The molecule has 0 aliphatic rings. The zero-order chi connectivity index (χ0) is 22.5. The number of fused-ring (bicyclic) bond motifs is 1. The fourth-order valence-electron chi connectivity index (χ4n) is 3.20. The largest absolute Gasteiger partial charge is 0.478 e. The van der Waals surface area contributed by atoms with Crippen LogP contribution in [0.25, 0.3) is 16.3 Å². The summed E-state index contributed by atoms with van der Waals surface area (Å²) in [4.78, 5) is 36.4. The lowest BCUT2D eigenvalue weighted by Gasteiger charge is -2.12. The third-order valence-corrected chi connectivity index (χ3v) is 4.74. The topological polar surface area (TPSA) is 95.5 Å². The number of carboxylic acid groups (broad SMARTS) is 1. The first-order valence-electron chi connectivity index (χ1n) is 9.91. The maximum Gasteiger partial charge on any atom is 0.337 e. The monoisotopic (exact) mass is 416 g/mol. The third kappa shape index (κ3) is 5.36. The molecule has 2 amide bonds. The molecule has 31 heavy (non-hydrogen) atoms. The second-order valence-electron chi connectivity index (χ2n) is 7.57. The van der Waals surface area contributed by atoms with Crippen molar-refractivity contribution in [2.24, 2.45) is 0 Å². The van der Waals surface area contributed by atoms with Crippen LogP contribution in [0.5, 0.6) is 0 Å². The molecule has 0 fully saturated rings. The number of rotatable bonds is 6. The molecule has 0 aliphatic carbocycles. The highest BCUT2D eigenvalue weighted by atomic mass is 16.4. The van der Waals surface area contributed by atoms with Crippen molar-refractivity contribution < 1.29 is 19.5 Å². The molecule has 0 atom stereocenters. The normalized spacial score (nSPS) is 11.4. The Morgan fingerprint density at radius 2 is 1.58 bits per heavy atom. The van der Waals surface area contributed by atoms with Crippen LogP contribution in [0.1, 0.15) is 47.1 Å². The fraction of sp³-hybridized carbons (Fsp3) is 0.160. The van der Waals surface area contributed by atoms with E-state index in [1.807, 2.05) is 63.2 Å². The van der Waals surface area contributed by atoms with Crippen LogP contribution in [0.3, 0.4) is 0 Å². The Kier molecular flexibility index (Phi) is 6.50. The van der Waals surface area contributed by atoms with E-state index in [0.717, 1.165) is 21.9 Å². The van der Waals surface area contributed by atoms with Crippen molar-refractivity contribution in [3.8, 4) is 0 Å². The van der Waals surface area contributed by atoms with Crippen LogP contribution in [-0.4, -0.2) is 28.9 Å². The van der Waals surface area contributed by atoms with E-state index in [9.17, 15) is 19.5 Å². The predicted octanol–water partition coefficient (Wildman–Crippen LogP) is 4.72. The highest BCUT2D eigenvalue weighted by molar-refractivity contribution is 6.08. The van der Waals surface area contributed by atoms with Crippen molar-refractivity contribution in [3.63, 3.8) is 0 Å².